The van der Waals surface area contributed by atoms with E-state index >= 15 is 0 Å². The number of imidazole rings is 1. The molecule has 0 bridgehead atoms. The molecule has 21 heavy (non-hydrogen) atoms. The van der Waals surface area contributed by atoms with E-state index in [1.807, 2.05) is 0 Å². The fourth-order valence-electron chi connectivity index (χ4n) is 2.70. The average Bonchev–Trinajstić information content (AvgIpc) is 3.10. The number of fused-ring (bicyclic) bond motifs is 1. The fourth-order valence-corrected chi connectivity index (χ4v) is 2.70. The van der Waals surface area contributed by atoms with Crippen molar-refractivity contribution in [1.82, 2.24) is 14.4 Å². The van der Waals surface area contributed by atoms with Crippen LogP contribution in [0.25, 0.3) is 5.65 Å². The maximum absolute atomic E-state index is 11.9. The lowest BCUT2D eigenvalue weighted by Crippen LogP contribution is -2.20. The minimum Gasteiger partial charge on any atom is -0.469 e. The van der Waals surface area contributed by atoms with Crippen molar-refractivity contribution in [1.29, 1.82) is 0 Å². The summed E-state index contributed by atoms with van der Waals surface area (Å²) < 4.78 is 12.3. The third-order valence-corrected chi connectivity index (χ3v) is 3.70. The van der Waals surface area contributed by atoms with E-state index in [0.29, 0.717) is 23.6 Å². The quantitative estimate of drug-likeness (QED) is 0.761. The number of nitrogens with zero attached hydrogens (tertiary/aromatic N) is 3. The zero-order chi connectivity index (χ0) is 15.0. The van der Waals surface area contributed by atoms with Crippen LogP contribution in [0, 0.1) is 5.92 Å². The number of anilines is 1. The first-order chi connectivity index (χ1) is 10.2. The van der Waals surface area contributed by atoms with Crippen LogP contribution in [-0.4, -0.2) is 45.3 Å². The number of nitrogen functional groups attached to an aromatic ring is 1. The second kappa shape index (κ2) is 5.30. The van der Waals surface area contributed by atoms with Crippen LogP contribution >= 0.6 is 0 Å². The van der Waals surface area contributed by atoms with E-state index in [1.165, 1.54) is 7.11 Å². The normalized spacial score (nSPS) is 25.3. The first kappa shape index (κ1) is 13.8. The lowest BCUT2D eigenvalue weighted by molar-refractivity contribution is -0.147. The van der Waals surface area contributed by atoms with Crippen molar-refractivity contribution in [3.8, 4) is 0 Å². The molecule has 1 fully saturated rings. The number of carbonyl (C=O) groups is 1. The van der Waals surface area contributed by atoms with E-state index in [1.54, 1.807) is 23.0 Å². The molecular formula is C13H16N4O4. The number of aliphatic hydroxyl groups excluding tert-OH is 1. The number of rotatable bonds is 3. The van der Waals surface area contributed by atoms with E-state index in [0.717, 1.165) is 0 Å². The molecule has 3 N–H and O–H groups in total. The van der Waals surface area contributed by atoms with Gasteiger partial charge in [-0.25, -0.2) is 9.97 Å². The van der Waals surface area contributed by atoms with E-state index in [9.17, 15) is 9.90 Å². The van der Waals surface area contributed by atoms with Crippen molar-refractivity contribution in [2.75, 3.05) is 19.5 Å². The molecular weight excluding hydrogens is 276 g/mol. The van der Waals surface area contributed by atoms with Crippen molar-refractivity contribution < 1.29 is 19.4 Å². The Hall–Kier alpha value is -2.19. The molecule has 0 spiro atoms. The van der Waals surface area contributed by atoms with Crippen LogP contribution in [0.2, 0.25) is 0 Å². The summed E-state index contributed by atoms with van der Waals surface area (Å²) in [5, 5.41) is 9.28. The van der Waals surface area contributed by atoms with E-state index in [-0.39, 0.29) is 12.6 Å². The predicted octanol–water partition coefficient (Wildman–Crippen LogP) is -0.0770. The largest absolute Gasteiger partial charge is 0.469 e. The molecule has 3 atom stereocenters. The molecule has 1 aliphatic heterocycles. The van der Waals surface area contributed by atoms with Gasteiger partial charge >= 0.3 is 5.97 Å². The Labute approximate surface area is 120 Å². The predicted molar refractivity (Wildman–Crippen MR) is 72.2 cm³/mol. The highest BCUT2D eigenvalue weighted by Crippen LogP contribution is 2.39. The minimum absolute atomic E-state index is 0.148. The van der Waals surface area contributed by atoms with Crippen molar-refractivity contribution >= 4 is 17.4 Å². The van der Waals surface area contributed by atoms with Crippen LogP contribution in [0.15, 0.2) is 18.6 Å². The SMILES string of the molecule is COC(=O)[C@@H]1C[C@@H](CO)O[C@H]1c1cnc2c(N)nccn12. The summed E-state index contributed by atoms with van der Waals surface area (Å²) in [6.07, 6.45) is 4.34. The second-order valence-electron chi connectivity index (χ2n) is 4.92. The molecule has 1 saturated heterocycles. The lowest BCUT2D eigenvalue weighted by atomic mass is 9.97. The lowest BCUT2D eigenvalue weighted by Gasteiger charge is -2.16. The highest BCUT2D eigenvalue weighted by atomic mass is 16.5. The maximum atomic E-state index is 11.9. The monoisotopic (exact) mass is 292 g/mol. The molecule has 0 aliphatic carbocycles. The van der Waals surface area contributed by atoms with Gasteiger partial charge < -0.3 is 20.3 Å². The molecule has 0 amide bonds. The molecule has 0 radical (unpaired) electrons. The molecule has 112 valence electrons. The minimum atomic E-state index is -0.536. The van der Waals surface area contributed by atoms with Crippen molar-refractivity contribution in [2.45, 2.75) is 18.6 Å². The van der Waals surface area contributed by atoms with Crippen LogP contribution in [0.4, 0.5) is 5.82 Å². The highest BCUT2D eigenvalue weighted by molar-refractivity contribution is 5.74. The molecule has 1 aliphatic rings. The van der Waals surface area contributed by atoms with Gasteiger partial charge in [0.05, 0.1) is 37.6 Å². The highest BCUT2D eigenvalue weighted by Gasteiger charge is 2.42. The summed E-state index contributed by atoms with van der Waals surface area (Å²) >= 11 is 0. The number of methoxy groups -OCH3 is 1. The number of esters is 1. The molecule has 3 rings (SSSR count). The zero-order valence-electron chi connectivity index (χ0n) is 11.5. The zero-order valence-corrected chi connectivity index (χ0v) is 11.5. The molecule has 8 nitrogen and oxygen atoms in total. The third kappa shape index (κ3) is 2.22. The van der Waals surface area contributed by atoms with Crippen LogP contribution in [0.5, 0.6) is 0 Å². The number of ether oxygens (including phenoxy) is 2. The topological polar surface area (TPSA) is 112 Å². The van der Waals surface area contributed by atoms with Gasteiger partial charge in [-0.3, -0.25) is 9.20 Å². The van der Waals surface area contributed by atoms with Crippen LogP contribution in [0.3, 0.4) is 0 Å². The van der Waals surface area contributed by atoms with Crippen molar-refractivity contribution in [3.05, 3.63) is 24.3 Å². The van der Waals surface area contributed by atoms with Crippen LogP contribution in [0.1, 0.15) is 18.2 Å². The Balaban J connectivity index is 2.03. The third-order valence-electron chi connectivity index (χ3n) is 3.70. The van der Waals surface area contributed by atoms with Crippen molar-refractivity contribution in [2.24, 2.45) is 5.92 Å². The van der Waals surface area contributed by atoms with Gasteiger partial charge in [-0.1, -0.05) is 0 Å². The number of hydrogen-bond donors (Lipinski definition) is 2. The summed E-state index contributed by atoms with van der Waals surface area (Å²) in [6, 6.07) is 0. The van der Waals surface area contributed by atoms with Gasteiger partial charge in [0.15, 0.2) is 11.5 Å². The average molecular weight is 292 g/mol. The summed E-state index contributed by atoms with van der Waals surface area (Å²) in [5.74, 6) is -0.551. The molecule has 8 heteroatoms. The Morgan fingerprint density at radius 3 is 3.14 bits per heavy atom. The first-order valence-electron chi connectivity index (χ1n) is 6.57. The Kier molecular flexibility index (Phi) is 3.48. The number of nitrogens with two attached hydrogens (primary N) is 1. The van der Waals surface area contributed by atoms with Gasteiger partial charge in [0, 0.05) is 12.4 Å². The molecule has 0 unspecified atom stereocenters. The standard InChI is InChI=1S/C13H16N4O4/c1-20-13(19)8-4-7(6-18)21-10(8)9-5-16-12-11(14)15-2-3-17(9)12/h2-3,5,7-8,10,18H,4,6H2,1H3,(H2,14,15)/t7-,8+,10+/m0/s1. The van der Waals surface area contributed by atoms with E-state index in [4.69, 9.17) is 15.2 Å². The second-order valence-corrected chi connectivity index (χ2v) is 4.92. The van der Waals surface area contributed by atoms with Crippen LogP contribution < -0.4 is 5.73 Å². The fraction of sp³-hybridized carbons (Fsp3) is 0.462. The number of aromatic nitrogens is 3. The molecule has 2 aromatic rings. The Morgan fingerprint density at radius 2 is 2.43 bits per heavy atom. The van der Waals surface area contributed by atoms with Gasteiger partial charge in [0.2, 0.25) is 0 Å². The van der Waals surface area contributed by atoms with Crippen molar-refractivity contribution in [3.63, 3.8) is 0 Å². The van der Waals surface area contributed by atoms with Crippen LogP contribution in [-0.2, 0) is 14.3 Å². The smallest absolute Gasteiger partial charge is 0.311 e. The van der Waals surface area contributed by atoms with Gasteiger partial charge in [-0.05, 0) is 6.42 Å². The summed E-state index contributed by atoms with van der Waals surface area (Å²) in [7, 11) is 1.34. The van der Waals surface area contributed by atoms with Gasteiger partial charge in [0.1, 0.15) is 6.10 Å². The summed E-state index contributed by atoms with van der Waals surface area (Å²) in [6.45, 7) is -0.148. The molecule has 0 saturated carbocycles. The van der Waals surface area contributed by atoms with Gasteiger partial charge in [-0.2, -0.15) is 0 Å². The summed E-state index contributed by atoms with van der Waals surface area (Å²) in [4.78, 5) is 20.1. The molecule has 0 aromatic carbocycles. The Bertz CT molecular complexity index is 671. The van der Waals surface area contributed by atoms with Gasteiger partial charge in [-0.15, -0.1) is 0 Å². The molecule has 3 heterocycles. The summed E-state index contributed by atoms with van der Waals surface area (Å²) in [5.41, 5.74) is 6.97. The maximum Gasteiger partial charge on any atom is 0.311 e. The number of hydrogen-bond acceptors (Lipinski definition) is 7. The molecule has 2 aromatic heterocycles. The Morgan fingerprint density at radius 1 is 1.62 bits per heavy atom. The van der Waals surface area contributed by atoms with Gasteiger partial charge in [0.25, 0.3) is 0 Å². The number of aliphatic hydroxyl groups is 1. The van der Waals surface area contributed by atoms with E-state index in [2.05, 4.69) is 9.97 Å². The first-order valence-corrected chi connectivity index (χ1v) is 6.57. The van der Waals surface area contributed by atoms with E-state index < -0.39 is 18.1 Å². The number of carbonyl (C=O) groups excluding carboxylic acids is 1.